The molecular formula is C13H8FN5OS. The first-order valence-electron chi connectivity index (χ1n) is 5.93. The summed E-state index contributed by atoms with van der Waals surface area (Å²) in [5.41, 5.74) is -0.0259. The lowest BCUT2D eigenvalue weighted by molar-refractivity contribution is 0.626. The monoisotopic (exact) mass is 301 g/mol. The van der Waals surface area contributed by atoms with Crippen molar-refractivity contribution >= 4 is 17.4 Å². The van der Waals surface area contributed by atoms with Gasteiger partial charge in [0.05, 0.1) is 6.07 Å². The maximum Gasteiger partial charge on any atom is 0.351 e. The zero-order chi connectivity index (χ0) is 14.8. The van der Waals surface area contributed by atoms with Gasteiger partial charge in [0.2, 0.25) is 0 Å². The Morgan fingerprint density at radius 1 is 1.33 bits per heavy atom. The molecule has 0 saturated carbocycles. The van der Waals surface area contributed by atoms with Gasteiger partial charge in [-0.2, -0.15) is 9.94 Å². The Hall–Kier alpha value is -2.66. The van der Waals surface area contributed by atoms with Crippen molar-refractivity contribution in [3.63, 3.8) is 0 Å². The molecule has 2 aromatic heterocycles. The van der Waals surface area contributed by atoms with Crippen molar-refractivity contribution in [3.05, 3.63) is 53.0 Å². The molecule has 8 heteroatoms. The van der Waals surface area contributed by atoms with Crippen LogP contribution in [0.15, 0.2) is 51.4 Å². The second-order valence-electron chi connectivity index (χ2n) is 4.08. The van der Waals surface area contributed by atoms with Crippen molar-refractivity contribution in [1.29, 1.82) is 5.26 Å². The van der Waals surface area contributed by atoms with Gasteiger partial charge in [0.1, 0.15) is 17.4 Å². The van der Waals surface area contributed by atoms with Crippen molar-refractivity contribution in [1.82, 2.24) is 19.2 Å². The number of hydrogen-bond donors (Lipinski definition) is 0. The third-order valence-corrected chi connectivity index (χ3v) is 3.71. The maximum absolute atomic E-state index is 12.9. The molecule has 0 amide bonds. The standard InChI is InChI=1S/C13H8FN5OS/c14-9-1-3-10(4-2-9)21-12-11-17-19(7-5-15)13(20)18(11)8-6-16-12/h1-4,6,8H,7H2. The predicted molar refractivity (Wildman–Crippen MR) is 73.4 cm³/mol. The Bertz CT molecular complexity index is 894. The third kappa shape index (κ3) is 2.51. The topological polar surface area (TPSA) is 76.0 Å². The molecule has 0 aliphatic heterocycles. The van der Waals surface area contributed by atoms with Gasteiger partial charge in [0.15, 0.2) is 5.65 Å². The van der Waals surface area contributed by atoms with Crippen LogP contribution in [0.2, 0.25) is 0 Å². The van der Waals surface area contributed by atoms with Crippen LogP contribution in [0.5, 0.6) is 0 Å². The molecule has 0 radical (unpaired) electrons. The molecule has 0 aliphatic rings. The van der Waals surface area contributed by atoms with Gasteiger partial charge in [0.25, 0.3) is 0 Å². The molecule has 1 aromatic carbocycles. The summed E-state index contributed by atoms with van der Waals surface area (Å²) in [4.78, 5) is 17.0. The van der Waals surface area contributed by atoms with Crippen molar-refractivity contribution in [2.24, 2.45) is 0 Å². The van der Waals surface area contributed by atoms with E-state index in [-0.39, 0.29) is 12.4 Å². The number of rotatable bonds is 3. The predicted octanol–water partition coefficient (Wildman–Crippen LogP) is 1.70. The van der Waals surface area contributed by atoms with Gasteiger partial charge in [-0.1, -0.05) is 11.8 Å². The fraction of sp³-hybridized carbons (Fsp3) is 0.0769. The van der Waals surface area contributed by atoms with Crippen molar-refractivity contribution in [3.8, 4) is 6.07 Å². The largest absolute Gasteiger partial charge is 0.351 e. The van der Waals surface area contributed by atoms with E-state index in [1.54, 1.807) is 12.1 Å². The van der Waals surface area contributed by atoms with E-state index in [9.17, 15) is 9.18 Å². The molecule has 0 N–H and O–H groups in total. The van der Waals surface area contributed by atoms with Crippen LogP contribution in [0.25, 0.3) is 5.65 Å². The van der Waals surface area contributed by atoms with Crippen LogP contribution in [0, 0.1) is 17.1 Å². The highest BCUT2D eigenvalue weighted by Gasteiger charge is 2.12. The Morgan fingerprint density at radius 2 is 2.10 bits per heavy atom. The second kappa shape index (κ2) is 5.38. The van der Waals surface area contributed by atoms with Crippen LogP contribution in [-0.2, 0) is 6.54 Å². The number of hydrogen-bond acceptors (Lipinski definition) is 5. The SMILES string of the molecule is N#CCn1nc2c(Sc3ccc(F)cc3)nccn2c1=O. The zero-order valence-corrected chi connectivity index (χ0v) is 11.4. The second-order valence-corrected chi connectivity index (χ2v) is 5.14. The molecule has 0 aliphatic carbocycles. The van der Waals surface area contributed by atoms with Gasteiger partial charge in [-0.3, -0.25) is 0 Å². The van der Waals surface area contributed by atoms with Gasteiger partial charge in [0, 0.05) is 17.3 Å². The summed E-state index contributed by atoms with van der Waals surface area (Å²) in [7, 11) is 0. The summed E-state index contributed by atoms with van der Waals surface area (Å²) in [6.07, 6.45) is 2.98. The lowest BCUT2D eigenvalue weighted by Crippen LogP contribution is -2.20. The number of fused-ring (bicyclic) bond motifs is 1. The van der Waals surface area contributed by atoms with E-state index in [4.69, 9.17) is 5.26 Å². The quantitative estimate of drug-likeness (QED) is 0.736. The molecule has 104 valence electrons. The third-order valence-electron chi connectivity index (χ3n) is 2.72. The molecule has 0 fully saturated rings. The maximum atomic E-state index is 12.9. The van der Waals surface area contributed by atoms with E-state index in [2.05, 4.69) is 10.1 Å². The first-order valence-corrected chi connectivity index (χ1v) is 6.75. The lowest BCUT2D eigenvalue weighted by atomic mass is 10.4. The molecule has 0 spiro atoms. The van der Waals surface area contributed by atoms with Crippen LogP contribution in [0.4, 0.5) is 4.39 Å². The first kappa shape index (κ1) is 13.3. The summed E-state index contributed by atoms with van der Waals surface area (Å²) in [5.74, 6) is -0.319. The number of benzene rings is 1. The van der Waals surface area contributed by atoms with Crippen LogP contribution < -0.4 is 5.69 Å². The molecule has 0 saturated heterocycles. The number of aromatic nitrogens is 4. The molecule has 3 rings (SSSR count). The normalized spacial score (nSPS) is 10.7. The summed E-state index contributed by atoms with van der Waals surface area (Å²) in [6, 6.07) is 7.82. The fourth-order valence-electron chi connectivity index (χ4n) is 1.78. The van der Waals surface area contributed by atoms with E-state index in [0.29, 0.717) is 10.7 Å². The minimum Gasteiger partial charge on any atom is -0.246 e. The Labute approximate surface area is 122 Å². The average Bonchev–Trinajstić information content (AvgIpc) is 2.80. The zero-order valence-electron chi connectivity index (χ0n) is 10.6. The molecule has 6 nitrogen and oxygen atoms in total. The summed E-state index contributed by atoms with van der Waals surface area (Å²) in [5, 5.41) is 13.3. The summed E-state index contributed by atoms with van der Waals surface area (Å²) < 4.78 is 15.3. The van der Waals surface area contributed by atoms with Crippen molar-refractivity contribution < 1.29 is 4.39 Å². The molecule has 0 bridgehead atoms. The molecule has 2 heterocycles. The van der Waals surface area contributed by atoms with Gasteiger partial charge in [-0.25, -0.2) is 18.6 Å². The Kier molecular flexibility index (Phi) is 3.41. The minimum absolute atomic E-state index is 0.124. The smallest absolute Gasteiger partial charge is 0.246 e. The van der Waals surface area contributed by atoms with Crippen LogP contribution in [0.3, 0.4) is 0 Å². The highest BCUT2D eigenvalue weighted by atomic mass is 32.2. The Balaban J connectivity index is 2.07. The lowest BCUT2D eigenvalue weighted by Gasteiger charge is -2.01. The van der Waals surface area contributed by atoms with Crippen LogP contribution >= 0.6 is 11.8 Å². The summed E-state index contributed by atoms with van der Waals surface area (Å²) >= 11 is 1.27. The fourth-order valence-corrected chi connectivity index (χ4v) is 2.62. The minimum atomic E-state index is -0.394. The van der Waals surface area contributed by atoms with E-state index >= 15 is 0 Å². The van der Waals surface area contributed by atoms with E-state index < -0.39 is 5.69 Å². The number of halogens is 1. The van der Waals surface area contributed by atoms with E-state index in [0.717, 1.165) is 9.58 Å². The van der Waals surface area contributed by atoms with Gasteiger partial charge >= 0.3 is 5.69 Å². The molecule has 0 atom stereocenters. The number of nitrogens with zero attached hydrogens (tertiary/aromatic N) is 5. The van der Waals surface area contributed by atoms with Crippen LogP contribution in [-0.4, -0.2) is 19.2 Å². The Morgan fingerprint density at radius 3 is 2.81 bits per heavy atom. The average molecular weight is 301 g/mol. The van der Waals surface area contributed by atoms with E-state index in [1.165, 1.54) is 40.7 Å². The van der Waals surface area contributed by atoms with Crippen molar-refractivity contribution in [2.45, 2.75) is 16.5 Å². The highest BCUT2D eigenvalue weighted by Crippen LogP contribution is 2.27. The molecule has 3 aromatic rings. The van der Waals surface area contributed by atoms with Gasteiger partial charge < -0.3 is 0 Å². The number of nitriles is 1. The summed E-state index contributed by atoms with van der Waals surface area (Å²) in [6.45, 7) is -0.124. The van der Waals surface area contributed by atoms with Crippen LogP contribution in [0.1, 0.15) is 0 Å². The van der Waals surface area contributed by atoms with Gasteiger partial charge in [-0.15, -0.1) is 5.10 Å². The first-order chi connectivity index (χ1) is 10.2. The van der Waals surface area contributed by atoms with Crippen molar-refractivity contribution in [2.75, 3.05) is 0 Å². The van der Waals surface area contributed by atoms with Gasteiger partial charge in [-0.05, 0) is 24.3 Å². The highest BCUT2D eigenvalue weighted by molar-refractivity contribution is 7.99. The molecular weight excluding hydrogens is 293 g/mol. The van der Waals surface area contributed by atoms with E-state index in [1.807, 2.05) is 6.07 Å². The molecule has 21 heavy (non-hydrogen) atoms. The molecule has 0 unspecified atom stereocenters.